The zero-order chi connectivity index (χ0) is 28.4. The van der Waals surface area contributed by atoms with Crippen molar-refractivity contribution < 1.29 is 32.3 Å². The van der Waals surface area contributed by atoms with Crippen LogP contribution in [0.5, 0.6) is 0 Å². The lowest BCUT2D eigenvalue weighted by molar-refractivity contribution is -0.136. The Morgan fingerprint density at radius 1 is 1.10 bits per heavy atom. The molecule has 5 rings (SSSR count). The van der Waals surface area contributed by atoms with Crippen molar-refractivity contribution >= 4 is 41.0 Å². The van der Waals surface area contributed by atoms with Crippen LogP contribution in [-0.2, 0) is 19.1 Å². The zero-order valence-electron chi connectivity index (χ0n) is 20.8. The lowest BCUT2D eigenvalue weighted by atomic mass is 9.87. The SMILES string of the molecule is O=C(NC1CC(F)(F)C1)C(c1ccccc1Cl)N(C(=O)C1COCC(=O)N1c1ncccn1)c1cccc(F)c1. The minimum atomic E-state index is -2.91. The number of carbonyl (C=O) groups is 3. The van der Waals surface area contributed by atoms with Crippen molar-refractivity contribution in [3.8, 4) is 0 Å². The first-order valence-electron chi connectivity index (χ1n) is 12.3. The predicted molar refractivity (Wildman–Crippen MR) is 138 cm³/mol. The van der Waals surface area contributed by atoms with Crippen LogP contribution in [-0.4, -0.2) is 58.9 Å². The first-order chi connectivity index (χ1) is 19.1. The summed E-state index contributed by atoms with van der Waals surface area (Å²) < 4.78 is 47.0. The Balaban J connectivity index is 1.61. The van der Waals surface area contributed by atoms with Gasteiger partial charge in [0.1, 0.15) is 24.5 Å². The van der Waals surface area contributed by atoms with Crippen LogP contribution in [0.4, 0.5) is 24.8 Å². The summed E-state index contributed by atoms with van der Waals surface area (Å²) in [6, 6.07) is 8.98. The fourth-order valence-corrected chi connectivity index (χ4v) is 4.99. The third-order valence-electron chi connectivity index (χ3n) is 6.60. The van der Waals surface area contributed by atoms with Gasteiger partial charge in [0.15, 0.2) is 0 Å². The molecule has 3 amide bonds. The van der Waals surface area contributed by atoms with Crippen molar-refractivity contribution in [2.24, 2.45) is 0 Å². The molecule has 2 heterocycles. The Hall–Kier alpha value is -4.03. The largest absolute Gasteiger partial charge is 0.369 e. The Kier molecular flexibility index (Phi) is 7.72. The summed E-state index contributed by atoms with van der Waals surface area (Å²) in [7, 11) is 0. The number of amides is 3. The van der Waals surface area contributed by atoms with E-state index in [1.165, 1.54) is 42.7 Å². The van der Waals surface area contributed by atoms with Crippen LogP contribution in [0.25, 0.3) is 0 Å². The van der Waals surface area contributed by atoms with E-state index in [4.69, 9.17) is 16.3 Å². The van der Waals surface area contributed by atoms with Gasteiger partial charge in [-0.3, -0.25) is 24.2 Å². The van der Waals surface area contributed by atoms with Gasteiger partial charge in [0.25, 0.3) is 17.7 Å². The van der Waals surface area contributed by atoms with Gasteiger partial charge in [0.05, 0.1) is 6.61 Å². The van der Waals surface area contributed by atoms with Crippen LogP contribution in [0.15, 0.2) is 67.0 Å². The van der Waals surface area contributed by atoms with Gasteiger partial charge in [-0.1, -0.05) is 35.9 Å². The molecule has 2 atom stereocenters. The first-order valence-corrected chi connectivity index (χ1v) is 12.7. The van der Waals surface area contributed by atoms with Crippen LogP contribution in [0.3, 0.4) is 0 Å². The molecule has 0 spiro atoms. The number of carbonyl (C=O) groups excluding carboxylic acids is 3. The highest BCUT2D eigenvalue weighted by Crippen LogP contribution is 2.39. The minimum Gasteiger partial charge on any atom is -0.369 e. The summed E-state index contributed by atoms with van der Waals surface area (Å²) in [5.74, 6) is -5.92. The topological polar surface area (TPSA) is 105 Å². The molecule has 1 saturated carbocycles. The molecule has 40 heavy (non-hydrogen) atoms. The number of halogens is 4. The molecule has 3 aromatic rings. The van der Waals surface area contributed by atoms with Gasteiger partial charge in [-0.05, 0) is 30.3 Å². The fraction of sp³-hybridized carbons (Fsp3) is 0.296. The Morgan fingerprint density at radius 3 is 2.50 bits per heavy atom. The van der Waals surface area contributed by atoms with Crippen molar-refractivity contribution in [2.45, 2.75) is 36.9 Å². The second kappa shape index (κ2) is 11.2. The first kappa shape index (κ1) is 27.5. The van der Waals surface area contributed by atoms with Crippen LogP contribution in [0.1, 0.15) is 24.4 Å². The van der Waals surface area contributed by atoms with E-state index in [1.54, 1.807) is 12.1 Å². The molecule has 1 aromatic heterocycles. The summed E-state index contributed by atoms with van der Waals surface area (Å²) >= 11 is 6.47. The number of hydrogen-bond donors (Lipinski definition) is 1. The average molecular weight is 574 g/mol. The number of nitrogens with zero attached hydrogens (tertiary/aromatic N) is 4. The smallest absolute Gasteiger partial charge is 0.256 e. The molecule has 1 aliphatic heterocycles. The lowest BCUT2D eigenvalue weighted by Gasteiger charge is -2.40. The molecular formula is C27H23ClF3N5O4. The van der Waals surface area contributed by atoms with Crippen LogP contribution >= 0.6 is 11.6 Å². The molecular weight excluding hydrogens is 551 g/mol. The highest BCUT2D eigenvalue weighted by molar-refractivity contribution is 6.31. The Bertz CT molecular complexity index is 1420. The van der Waals surface area contributed by atoms with Crippen molar-refractivity contribution in [1.29, 1.82) is 0 Å². The van der Waals surface area contributed by atoms with E-state index in [0.717, 1.165) is 21.9 Å². The second-order valence-electron chi connectivity index (χ2n) is 9.43. The summed E-state index contributed by atoms with van der Waals surface area (Å²) in [6.07, 6.45) is 1.66. The minimum absolute atomic E-state index is 0.0315. The van der Waals surface area contributed by atoms with Crippen molar-refractivity contribution in [2.75, 3.05) is 23.0 Å². The van der Waals surface area contributed by atoms with Gasteiger partial charge in [-0.15, -0.1) is 0 Å². The average Bonchev–Trinajstić information content (AvgIpc) is 2.91. The zero-order valence-corrected chi connectivity index (χ0v) is 21.6. The van der Waals surface area contributed by atoms with Crippen molar-refractivity contribution in [1.82, 2.24) is 15.3 Å². The highest BCUT2D eigenvalue weighted by Gasteiger charge is 2.48. The van der Waals surface area contributed by atoms with E-state index in [-0.39, 0.29) is 35.4 Å². The quantitative estimate of drug-likeness (QED) is 0.462. The van der Waals surface area contributed by atoms with Gasteiger partial charge < -0.3 is 10.1 Å². The van der Waals surface area contributed by atoms with Crippen LogP contribution < -0.4 is 15.1 Å². The van der Waals surface area contributed by atoms with Gasteiger partial charge in [-0.25, -0.2) is 23.1 Å². The fourth-order valence-electron chi connectivity index (χ4n) is 4.75. The number of aromatic nitrogens is 2. The van der Waals surface area contributed by atoms with E-state index in [2.05, 4.69) is 15.3 Å². The maximum absolute atomic E-state index is 14.5. The number of morpholine rings is 1. The van der Waals surface area contributed by atoms with Crippen molar-refractivity contribution in [3.63, 3.8) is 0 Å². The number of hydrogen-bond acceptors (Lipinski definition) is 6. The standard InChI is InChI=1S/C27H23ClF3N5O4/c28-20-8-2-1-7-19(20)23(24(38)34-17-12-27(30,31)13-17)35(18-6-3-5-16(29)11-18)25(39)21-14-40-15-22(37)36(21)26-32-9-4-10-33-26/h1-11,17,21,23H,12-15H2,(H,34,38). The summed E-state index contributed by atoms with van der Waals surface area (Å²) in [4.78, 5) is 51.3. The van der Waals surface area contributed by atoms with Gasteiger partial charge >= 0.3 is 0 Å². The summed E-state index contributed by atoms with van der Waals surface area (Å²) in [6.45, 7) is -0.618. The molecule has 2 aromatic carbocycles. The number of anilines is 2. The van der Waals surface area contributed by atoms with Crippen LogP contribution in [0.2, 0.25) is 5.02 Å². The number of nitrogens with one attached hydrogen (secondary N) is 1. The molecule has 13 heteroatoms. The molecule has 1 N–H and O–H groups in total. The number of ether oxygens (including phenoxy) is 1. The van der Waals surface area contributed by atoms with E-state index >= 15 is 0 Å². The van der Waals surface area contributed by atoms with E-state index in [9.17, 15) is 27.6 Å². The molecule has 208 valence electrons. The lowest BCUT2D eigenvalue weighted by Crippen LogP contribution is -2.60. The van der Waals surface area contributed by atoms with Gasteiger partial charge in [0.2, 0.25) is 11.9 Å². The number of rotatable bonds is 7. The molecule has 1 aliphatic carbocycles. The summed E-state index contributed by atoms with van der Waals surface area (Å²) in [5, 5.41) is 2.68. The molecule has 9 nitrogen and oxygen atoms in total. The molecule has 0 bridgehead atoms. The van der Waals surface area contributed by atoms with E-state index in [0.29, 0.717) is 0 Å². The van der Waals surface area contributed by atoms with Crippen molar-refractivity contribution in [3.05, 3.63) is 83.4 Å². The maximum Gasteiger partial charge on any atom is 0.256 e. The third-order valence-corrected chi connectivity index (χ3v) is 6.95. The van der Waals surface area contributed by atoms with Crippen LogP contribution in [0, 0.1) is 5.82 Å². The third kappa shape index (κ3) is 5.63. The van der Waals surface area contributed by atoms with Gasteiger partial charge in [-0.2, -0.15) is 0 Å². The normalized spacial score (nSPS) is 19.4. The Morgan fingerprint density at radius 2 is 1.82 bits per heavy atom. The van der Waals surface area contributed by atoms with E-state index in [1.807, 2.05) is 0 Å². The van der Waals surface area contributed by atoms with Gasteiger partial charge in [0, 0.05) is 47.6 Å². The number of benzene rings is 2. The maximum atomic E-state index is 14.5. The Labute approximate surface area is 231 Å². The number of alkyl halides is 2. The van der Waals surface area contributed by atoms with E-state index < -0.39 is 60.4 Å². The summed E-state index contributed by atoms with van der Waals surface area (Å²) in [5.41, 5.74) is 0.131. The predicted octanol–water partition coefficient (Wildman–Crippen LogP) is 3.69. The molecule has 0 radical (unpaired) electrons. The molecule has 2 unspecified atom stereocenters. The monoisotopic (exact) mass is 573 g/mol. The highest BCUT2D eigenvalue weighted by atomic mass is 35.5. The molecule has 2 aliphatic rings. The molecule has 1 saturated heterocycles. The second-order valence-corrected chi connectivity index (χ2v) is 9.83. The molecule has 2 fully saturated rings.